The molecule has 0 amide bonds. The van der Waals surface area contributed by atoms with Crippen molar-refractivity contribution in [2.24, 2.45) is 0 Å². The lowest BCUT2D eigenvalue weighted by Crippen LogP contribution is -2.32. The van der Waals surface area contributed by atoms with Crippen molar-refractivity contribution < 1.29 is 9.53 Å². The Balaban J connectivity index is 1.83. The molecular weight excluding hydrogens is 461 g/mol. The van der Waals surface area contributed by atoms with E-state index in [-0.39, 0.29) is 29.4 Å². The number of anilines is 1. The second kappa shape index (κ2) is 9.57. The first-order valence-electron chi connectivity index (χ1n) is 10.9. The molecule has 0 fully saturated rings. The zero-order valence-corrected chi connectivity index (χ0v) is 20.2. The molecule has 0 spiro atoms. The van der Waals surface area contributed by atoms with Gasteiger partial charge in [0.25, 0.3) is 5.56 Å². The van der Waals surface area contributed by atoms with E-state index >= 15 is 0 Å². The number of carbonyl (C=O) groups excluding carboxylic acids is 1. The number of nitrogens with zero attached hydrogens (tertiary/aromatic N) is 2. The van der Waals surface area contributed by atoms with Gasteiger partial charge in [0.2, 0.25) is 0 Å². The minimum absolute atomic E-state index is 0.253. The van der Waals surface area contributed by atoms with Crippen LogP contribution in [0.5, 0.6) is 0 Å². The smallest absolute Gasteiger partial charge is 0.302 e. The summed E-state index contributed by atoms with van der Waals surface area (Å²) in [5, 5.41) is 4.37. The lowest BCUT2D eigenvalue weighted by atomic mass is 10.1. The lowest BCUT2D eigenvalue weighted by Gasteiger charge is -2.26. The van der Waals surface area contributed by atoms with Crippen LogP contribution in [0.3, 0.4) is 0 Å². The number of aryl methyl sites for hydroxylation is 1. The van der Waals surface area contributed by atoms with Gasteiger partial charge in [0.15, 0.2) is 0 Å². The number of rotatable bonds is 6. The number of benzene rings is 2. The van der Waals surface area contributed by atoms with Crippen LogP contribution in [0.4, 0.5) is 5.82 Å². The van der Waals surface area contributed by atoms with Crippen molar-refractivity contribution in [1.82, 2.24) is 9.55 Å². The Kier molecular flexibility index (Phi) is 6.77. The van der Waals surface area contributed by atoms with Gasteiger partial charge in [-0.25, -0.2) is 4.98 Å². The van der Waals surface area contributed by atoms with Crippen molar-refractivity contribution in [1.29, 1.82) is 0 Å². The molecule has 2 unspecified atom stereocenters. The molecule has 0 saturated heterocycles. The SMILES string of the molecule is CCc1nc(-c2ccc(Cl)cc2Cl)c(=O)n(CC)c1NC1c2ccccc2CC1OC(C)=O. The molecule has 4 rings (SSSR count). The number of carbonyl (C=O) groups is 1. The van der Waals surface area contributed by atoms with Crippen LogP contribution in [0.15, 0.2) is 47.3 Å². The summed E-state index contributed by atoms with van der Waals surface area (Å²) in [7, 11) is 0. The lowest BCUT2D eigenvalue weighted by molar-refractivity contribution is -0.146. The number of ether oxygens (including phenoxy) is 1. The second-order valence-electron chi connectivity index (χ2n) is 7.96. The quantitative estimate of drug-likeness (QED) is 0.470. The number of hydrogen-bond acceptors (Lipinski definition) is 5. The third kappa shape index (κ3) is 4.50. The number of halogens is 2. The van der Waals surface area contributed by atoms with E-state index in [1.54, 1.807) is 22.8 Å². The summed E-state index contributed by atoms with van der Waals surface area (Å²) in [6.07, 6.45) is 0.820. The van der Waals surface area contributed by atoms with E-state index in [1.165, 1.54) is 6.92 Å². The number of aromatic nitrogens is 2. The largest absolute Gasteiger partial charge is 0.460 e. The van der Waals surface area contributed by atoms with Gasteiger partial charge in [0.05, 0.1) is 16.8 Å². The van der Waals surface area contributed by atoms with E-state index in [2.05, 4.69) is 5.32 Å². The normalized spacial score (nSPS) is 17.0. The summed E-state index contributed by atoms with van der Waals surface area (Å²) in [5.74, 6) is 0.284. The first-order valence-corrected chi connectivity index (χ1v) is 11.7. The Morgan fingerprint density at radius 3 is 2.64 bits per heavy atom. The van der Waals surface area contributed by atoms with Crippen molar-refractivity contribution in [3.05, 3.63) is 79.7 Å². The number of hydrogen-bond donors (Lipinski definition) is 1. The third-order valence-corrected chi connectivity index (χ3v) is 6.42. The molecule has 3 aromatic rings. The van der Waals surface area contributed by atoms with Gasteiger partial charge < -0.3 is 10.1 Å². The van der Waals surface area contributed by atoms with Crippen LogP contribution < -0.4 is 10.9 Å². The minimum atomic E-state index is -0.379. The number of fused-ring (bicyclic) bond motifs is 1. The molecule has 8 heteroatoms. The van der Waals surface area contributed by atoms with Crippen LogP contribution in [-0.2, 0) is 28.9 Å². The zero-order chi connectivity index (χ0) is 23.7. The van der Waals surface area contributed by atoms with Crippen molar-refractivity contribution in [3.8, 4) is 11.3 Å². The molecule has 0 aliphatic heterocycles. The molecule has 6 nitrogen and oxygen atoms in total. The average Bonchev–Trinajstić information content (AvgIpc) is 3.11. The minimum Gasteiger partial charge on any atom is -0.460 e. The Bertz CT molecular complexity index is 1270. The molecule has 0 saturated carbocycles. The Hall–Kier alpha value is -2.83. The van der Waals surface area contributed by atoms with Crippen LogP contribution >= 0.6 is 23.2 Å². The predicted molar refractivity (Wildman–Crippen MR) is 131 cm³/mol. The van der Waals surface area contributed by atoms with E-state index in [4.69, 9.17) is 32.9 Å². The molecule has 1 aromatic heterocycles. The van der Waals surface area contributed by atoms with Crippen molar-refractivity contribution >= 4 is 35.0 Å². The van der Waals surface area contributed by atoms with E-state index in [0.29, 0.717) is 40.8 Å². The molecule has 1 N–H and O–H groups in total. The molecule has 1 heterocycles. The van der Waals surface area contributed by atoms with Crippen LogP contribution in [0.25, 0.3) is 11.3 Å². The van der Waals surface area contributed by atoms with Gasteiger partial charge in [-0.2, -0.15) is 0 Å². The molecule has 2 aromatic carbocycles. The van der Waals surface area contributed by atoms with E-state index in [0.717, 1.165) is 16.8 Å². The summed E-state index contributed by atoms with van der Waals surface area (Å²) in [4.78, 5) is 30.0. The third-order valence-electron chi connectivity index (χ3n) is 5.87. The van der Waals surface area contributed by atoms with E-state index in [1.807, 2.05) is 38.1 Å². The Morgan fingerprint density at radius 2 is 1.97 bits per heavy atom. The average molecular weight is 486 g/mol. The van der Waals surface area contributed by atoms with E-state index < -0.39 is 0 Å². The number of nitrogens with one attached hydrogen (secondary N) is 1. The van der Waals surface area contributed by atoms with Gasteiger partial charge >= 0.3 is 5.97 Å². The molecule has 2 atom stereocenters. The summed E-state index contributed by atoms with van der Waals surface area (Å²) in [5.41, 5.74) is 3.45. The molecule has 33 heavy (non-hydrogen) atoms. The highest BCUT2D eigenvalue weighted by Crippen LogP contribution is 2.37. The fourth-order valence-electron chi connectivity index (χ4n) is 4.39. The van der Waals surface area contributed by atoms with Gasteiger partial charge in [-0.15, -0.1) is 0 Å². The second-order valence-corrected chi connectivity index (χ2v) is 8.80. The molecule has 172 valence electrons. The fourth-order valence-corrected chi connectivity index (χ4v) is 4.88. The summed E-state index contributed by atoms with van der Waals surface area (Å²) in [6, 6.07) is 12.7. The summed E-state index contributed by atoms with van der Waals surface area (Å²) in [6.45, 7) is 5.73. The fraction of sp³-hybridized carbons (Fsp3) is 0.320. The van der Waals surface area contributed by atoms with Crippen molar-refractivity contribution in [2.45, 2.75) is 52.3 Å². The highest BCUT2D eigenvalue weighted by molar-refractivity contribution is 6.36. The summed E-state index contributed by atoms with van der Waals surface area (Å²) >= 11 is 12.4. The maximum atomic E-state index is 13.5. The standard InChI is InChI=1S/C25H25Cl2N3O3/c1-4-20-24(29-22-17-9-7-6-8-15(17)12-21(22)33-14(3)31)30(5-2)25(32)23(28-20)18-11-10-16(26)13-19(18)27/h6-11,13,21-22,29H,4-5,12H2,1-3H3. The van der Waals surface area contributed by atoms with Gasteiger partial charge in [-0.05, 0) is 42.7 Å². The maximum Gasteiger partial charge on any atom is 0.302 e. The van der Waals surface area contributed by atoms with Crippen LogP contribution in [0.2, 0.25) is 10.0 Å². The monoisotopic (exact) mass is 485 g/mol. The molecule has 0 bridgehead atoms. The van der Waals surface area contributed by atoms with Gasteiger partial charge in [-0.3, -0.25) is 14.2 Å². The van der Waals surface area contributed by atoms with Gasteiger partial charge in [-0.1, -0.05) is 54.4 Å². The Morgan fingerprint density at radius 1 is 1.21 bits per heavy atom. The molecule has 0 radical (unpaired) electrons. The predicted octanol–water partition coefficient (Wildman–Crippen LogP) is 5.44. The number of esters is 1. The van der Waals surface area contributed by atoms with E-state index in [9.17, 15) is 9.59 Å². The highest BCUT2D eigenvalue weighted by atomic mass is 35.5. The van der Waals surface area contributed by atoms with Crippen molar-refractivity contribution in [2.75, 3.05) is 5.32 Å². The topological polar surface area (TPSA) is 73.2 Å². The zero-order valence-electron chi connectivity index (χ0n) is 18.7. The highest BCUT2D eigenvalue weighted by Gasteiger charge is 2.35. The van der Waals surface area contributed by atoms with Gasteiger partial charge in [0, 0.05) is 30.5 Å². The first-order chi connectivity index (χ1) is 15.8. The maximum absolute atomic E-state index is 13.5. The molecule has 1 aliphatic carbocycles. The first kappa shape index (κ1) is 23.3. The molecular formula is C25H25Cl2N3O3. The van der Waals surface area contributed by atoms with Crippen molar-refractivity contribution in [3.63, 3.8) is 0 Å². The summed E-state index contributed by atoms with van der Waals surface area (Å²) < 4.78 is 7.30. The van der Waals surface area contributed by atoms with Gasteiger partial charge in [0.1, 0.15) is 17.6 Å². The molecule has 1 aliphatic rings. The van der Waals surface area contributed by atoms with Crippen LogP contribution in [-0.4, -0.2) is 21.6 Å². The van der Waals surface area contributed by atoms with Crippen LogP contribution in [0, 0.1) is 0 Å². The Labute approximate surface area is 202 Å². The van der Waals surface area contributed by atoms with Crippen LogP contribution in [0.1, 0.15) is 43.6 Å².